The molecule has 7 nitrogen and oxygen atoms in total. The normalized spacial score (nSPS) is 18.9. The second-order valence-corrected chi connectivity index (χ2v) is 7.19. The molecular formula is C21H22N4O3. The van der Waals surface area contributed by atoms with Gasteiger partial charge in [0.2, 0.25) is 11.8 Å². The zero-order valence-corrected chi connectivity index (χ0v) is 15.4. The van der Waals surface area contributed by atoms with Crippen LogP contribution < -0.4 is 16.4 Å². The lowest BCUT2D eigenvalue weighted by atomic mass is 10.0. The summed E-state index contributed by atoms with van der Waals surface area (Å²) in [4.78, 5) is 37.9. The smallest absolute Gasteiger partial charge is 0.255 e. The maximum atomic E-state index is 12.8. The van der Waals surface area contributed by atoms with Gasteiger partial charge in [0.25, 0.3) is 5.91 Å². The predicted octanol–water partition coefficient (Wildman–Crippen LogP) is 1.32. The molecular weight excluding hydrogens is 356 g/mol. The van der Waals surface area contributed by atoms with Crippen molar-refractivity contribution in [3.8, 4) is 0 Å². The van der Waals surface area contributed by atoms with Crippen molar-refractivity contribution in [2.45, 2.75) is 38.5 Å². The van der Waals surface area contributed by atoms with Crippen LogP contribution in [0.15, 0.2) is 42.5 Å². The van der Waals surface area contributed by atoms with Gasteiger partial charge in [0, 0.05) is 37.3 Å². The van der Waals surface area contributed by atoms with Crippen LogP contribution in [0.3, 0.4) is 0 Å². The van der Waals surface area contributed by atoms with Gasteiger partial charge in [0.05, 0.1) is 0 Å². The standard InChI is InChI=1S/C21H22N4O3/c22-17-4-2-1-3-14(17)11-23-10-13-5-6-15-12-25(21(28)16(15)9-13)18-7-8-19(26)24-20(18)27/h1-6,9,18,23H,7-8,10-12,22H2,(H,24,26,27). The molecule has 0 bridgehead atoms. The van der Waals surface area contributed by atoms with E-state index in [2.05, 4.69) is 10.6 Å². The molecule has 1 atom stereocenters. The second kappa shape index (κ2) is 7.44. The predicted molar refractivity (Wildman–Crippen MR) is 104 cm³/mol. The number of hydrogen-bond acceptors (Lipinski definition) is 5. The van der Waals surface area contributed by atoms with Crippen LogP contribution in [0.5, 0.6) is 0 Å². The molecule has 2 heterocycles. The number of nitrogens with two attached hydrogens (primary N) is 1. The molecule has 1 unspecified atom stereocenters. The molecule has 0 radical (unpaired) electrons. The minimum atomic E-state index is -0.583. The lowest BCUT2D eigenvalue weighted by Gasteiger charge is -2.29. The van der Waals surface area contributed by atoms with E-state index < -0.39 is 6.04 Å². The van der Waals surface area contributed by atoms with Gasteiger partial charge in [-0.3, -0.25) is 19.7 Å². The Labute approximate surface area is 162 Å². The Balaban J connectivity index is 1.42. The van der Waals surface area contributed by atoms with Gasteiger partial charge in [-0.1, -0.05) is 30.3 Å². The largest absolute Gasteiger partial charge is 0.398 e. The number of para-hydroxylation sites is 1. The molecule has 2 aromatic carbocycles. The van der Waals surface area contributed by atoms with Crippen LogP contribution in [-0.2, 0) is 29.2 Å². The zero-order valence-electron chi connectivity index (χ0n) is 15.4. The molecule has 144 valence electrons. The molecule has 0 saturated carbocycles. The number of nitrogen functional groups attached to an aromatic ring is 1. The fourth-order valence-electron chi connectivity index (χ4n) is 3.75. The monoisotopic (exact) mass is 378 g/mol. The van der Waals surface area contributed by atoms with Crippen molar-refractivity contribution in [2.75, 3.05) is 5.73 Å². The van der Waals surface area contributed by atoms with E-state index in [-0.39, 0.29) is 24.1 Å². The van der Waals surface area contributed by atoms with E-state index in [9.17, 15) is 14.4 Å². The third kappa shape index (κ3) is 3.48. The molecule has 7 heteroatoms. The van der Waals surface area contributed by atoms with E-state index in [4.69, 9.17) is 5.73 Å². The molecule has 28 heavy (non-hydrogen) atoms. The average Bonchev–Trinajstić information content (AvgIpc) is 3.00. The van der Waals surface area contributed by atoms with Gasteiger partial charge >= 0.3 is 0 Å². The fraction of sp³-hybridized carbons (Fsp3) is 0.286. The van der Waals surface area contributed by atoms with E-state index in [1.54, 1.807) is 4.90 Å². The van der Waals surface area contributed by atoms with Crippen LogP contribution >= 0.6 is 0 Å². The lowest BCUT2D eigenvalue weighted by molar-refractivity contribution is -0.136. The molecule has 4 N–H and O–H groups in total. The van der Waals surface area contributed by atoms with Crippen LogP contribution in [0.1, 0.15) is 39.9 Å². The zero-order chi connectivity index (χ0) is 19.7. The molecule has 3 amide bonds. The minimum absolute atomic E-state index is 0.154. The Morgan fingerprint density at radius 3 is 2.71 bits per heavy atom. The fourth-order valence-corrected chi connectivity index (χ4v) is 3.75. The van der Waals surface area contributed by atoms with Crippen LogP contribution in [0.25, 0.3) is 0 Å². The minimum Gasteiger partial charge on any atom is -0.398 e. The molecule has 1 saturated heterocycles. The second-order valence-electron chi connectivity index (χ2n) is 7.19. The quantitative estimate of drug-likeness (QED) is 0.538. The number of fused-ring (bicyclic) bond motifs is 1. The van der Waals surface area contributed by atoms with Crippen molar-refractivity contribution in [1.82, 2.24) is 15.5 Å². The molecule has 0 spiro atoms. The molecule has 0 aliphatic carbocycles. The van der Waals surface area contributed by atoms with Crippen molar-refractivity contribution in [1.29, 1.82) is 0 Å². The highest BCUT2D eigenvalue weighted by Gasteiger charge is 2.38. The highest BCUT2D eigenvalue weighted by Crippen LogP contribution is 2.28. The Kier molecular flexibility index (Phi) is 4.83. The van der Waals surface area contributed by atoms with Gasteiger partial charge in [-0.2, -0.15) is 0 Å². The van der Waals surface area contributed by atoms with E-state index in [0.717, 1.165) is 22.4 Å². The highest BCUT2D eigenvalue weighted by atomic mass is 16.2. The Morgan fingerprint density at radius 2 is 1.93 bits per heavy atom. The van der Waals surface area contributed by atoms with Crippen LogP contribution in [0.4, 0.5) is 5.69 Å². The number of rotatable bonds is 5. The third-order valence-electron chi connectivity index (χ3n) is 5.29. The summed E-state index contributed by atoms with van der Waals surface area (Å²) in [7, 11) is 0. The number of amides is 3. The third-order valence-corrected chi connectivity index (χ3v) is 5.29. The van der Waals surface area contributed by atoms with E-state index in [1.165, 1.54) is 0 Å². The van der Waals surface area contributed by atoms with Crippen LogP contribution in [0, 0.1) is 0 Å². The average molecular weight is 378 g/mol. The molecule has 1 fully saturated rings. The summed E-state index contributed by atoms with van der Waals surface area (Å²) in [5.41, 5.74) is 10.3. The van der Waals surface area contributed by atoms with Gasteiger partial charge < -0.3 is 16.0 Å². The van der Waals surface area contributed by atoms with Crippen molar-refractivity contribution in [2.24, 2.45) is 0 Å². The number of carbonyl (C=O) groups is 3. The summed E-state index contributed by atoms with van der Waals surface area (Å²) in [5, 5.41) is 5.67. The number of imide groups is 1. The number of anilines is 1. The van der Waals surface area contributed by atoms with Gasteiger partial charge in [0.15, 0.2) is 0 Å². The van der Waals surface area contributed by atoms with Crippen molar-refractivity contribution in [3.05, 3.63) is 64.7 Å². The highest BCUT2D eigenvalue weighted by molar-refractivity contribution is 6.05. The summed E-state index contributed by atoms with van der Waals surface area (Å²) >= 11 is 0. The first-order valence-corrected chi connectivity index (χ1v) is 9.33. The molecule has 2 aromatic rings. The number of nitrogens with zero attached hydrogens (tertiary/aromatic N) is 1. The topological polar surface area (TPSA) is 105 Å². The Hall–Kier alpha value is -3.19. The van der Waals surface area contributed by atoms with E-state index >= 15 is 0 Å². The Morgan fingerprint density at radius 1 is 1.11 bits per heavy atom. The van der Waals surface area contributed by atoms with E-state index in [1.807, 2.05) is 42.5 Å². The maximum Gasteiger partial charge on any atom is 0.255 e. The van der Waals surface area contributed by atoms with Crippen molar-refractivity contribution in [3.63, 3.8) is 0 Å². The van der Waals surface area contributed by atoms with Crippen molar-refractivity contribution < 1.29 is 14.4 Å². The summed E-state index contributed by atoms with van der Waals surface area (Å²) in [6.07, 6.45) is 0.631. The first kappa shape index (κ1) is 18.2. The first-order valence-electron chi connectivity index (χ1n) is 9.33. The van der Waals surface area contributed by atoms with E-state index in [0.29, 0.717) is 31.6 Å². The lowest BCUT2D eigenvalue weighted by Crippen LogP contribution is -2.52. The molecule has 2 aliphatic rings. The van der Waals surface area contributed by atoms with Gasteiger partial charge in [-0.05, 0) is 35.2 Å². The number of hydrogen-bond donors (Lipinski definition) is 3. The van der Waals surface area contributed by atoms with Crippen molar-refractivity contribution >= 4 is 23.4 Å². The summed E-state index contributed by atoms with van der Waals surface area (Å²) < 4.78 is 0. The number of carbonyl (C=O) groups excluding carboxylic acids is 3. The molecule has 2 aliphatic heterocycles. The molecule has 0 aromatic heterocycles. The Bertz CT molecular complexity index is 956. The van der Waals surface area contributed by atoms with Gasteiger partial charge in [-0.25, -0.2) is 0 Å². The van der Waals surface area contributed by atoms with Crippen LogP contribution in [0.2, 0.25) is 0 Å². The number of nitrogens with one attached hydrogen (secondary N) is 2. The number of piperidine rings is 1. The summed E-state index contributed by atoms with van der Waals surface area (Å²) in [6.45, 7) is 1.64. The summed E-state index contributed by atoms with van der Waals surface area (Å²) in [6, 6.07) is 12.9. The first-order chi connectivity index (χ1) is 13.5. The van der Waals surface area contributed by atoms with Gasteiger partial charge in [-0.15, -0.1) is 0 Å². The SMILES string of the molecule is Nc1ccccc1CNCc1ccc2c(c1)C(=O)N(C1CCC(=O)NC1=O)C2. The maximum absolute atomic E-state index is 12.8. The summed E-state index contributed by atoms with van der Waals surface area (Å²) in [5.74, 6) is -0.823. The van der Waals surface area contributed by atoms with Crippen LogP contribution in [-0.4, -0.2) is 28.7 Å². The van der Waals surface area contributed by atoms with Gasteiger partial charge in [0.1, 0.15) is 6.04 Å². The number of benzene rings is 2. The molecule has 4 rings (SSSR count).